The van der Waals surface area contributed by atoms with Crippen LogP contribution in [0.1, 0.15) is 32.6 Å². The van der Waals surface area contributed by atoms with Crippen LogP contribution in [0.3, 0.4) is 0 Å². The first-order valence-corrected chi connectivity index (χ1v) is 6.93. The van der Waals surface area contributed by atoms with Crippen molar-refractivity contribution in [1.29, 1.82) is 0 Å². The third kappa shape index (κ3) is 3.59. The SMILES string of the molecule is CCCCCC(=O)Nc1nc2cccc(OC)c2c(=O)o1. The largest absolute Gasteiger partial charge is 0.496 e. The lowest BCUT2D eigenvalue weighted by Gasteiger charge is -2.06. The number of amides is 1. The smallest absolute Gasteiger partial charge is 0.351 e. The topological polar surface area (TPSA) is 81.4 Å². The van der Waals surface area contributed by atoms with Gasteiger partial charge in [-0.15, -0.1) is 0 Å². The second kappa shape index (κ2) is 6.88. The Morgan fingerprint density at radius 2 is 2.19 bits per heavy atom. The molecule has 2 aromatic rings. The van der Waals surface area contributed by atoms with E-state index in [0.29, 0.717) is 17.7 Å². The van der Waals surface area contributed by atoms with E-state index in [0.717, 1.165) is 19.3 Å². The van der Waals surface area contributed by atoms with E-state index in [1.807, 2.05) is 0 Å². The number of unbranched alkanes of at least 4 members (excludes halogenated alkanes) is 2. The van der Waals surface area contributed by atoms with Crippen molar-refractivity contribution in [3.8, 4) is 5.75 Å². The summed E-state index contributed by atoms with van der Waals surface area (Å²) in [5.41, 5.74) is -0.157. The van der Waals surface area contributed by atoms with Crippen molar-refractivity contribution < 1.29 is 13.9 Å². The summed E-state index contributed by atoms with van der Waals surface area (Å²) in [5, 5.41) is 2.78. The summed E-state index contributed by atoms with van der Waals surface area (Å²) in [7, 11) is 1.47. The highest BCUT2D eigenvalue weighted by Crippen LogP contribution is 2.21. The summed E-state index contributed by atoms with van der Waals surface area (Å²) >= 11 is 0. The molecule has 0 saturated carbocycles. The Morgan fingerprint density at radius 3 is 2.90 bits per heavy atom. The highest BCUT2D eigenvalue weighted by Gasteiger charge is 2.12. The van der Waals surface area contributed by atoms with E-state index in [-0.39, 0.29) is 17.3 Å². The molecule has 1 aromatic heterocycles. The van der Waals surface area contributed by atoms with Gasteiger partial charge in [0.2, 0.25) is 5.91 Å². The standard InChI is InChI=1S/C15H18N2O4/c1-3-4-5-9-12(18)17-15-16-10-7-6-8-11(20-2)13(10)14(19)21-15/h6-8H,3-5,9H2,1-2H3,(H,16,17,18). The zero-order chi connectivity index (χ0) is 15.2. The molecular weight excluding hydrogens is 272 g/mol. The van der Waals surface area contributed by atoms with E-state index >= 15 is 0 Å². The van der Waals surface area contributed by atoms with E-state index in [4.69, 9.17) is 9.15 Å². The Morgan fingerprint density at radius 1 is 1.38 bits per heavy atom. The first-order chi connectivity index (χ1) is 10.2. The zero-order valence-electron chi connectivity index (χ0n) is 12.1. The van der Waals surface area contributed by atoms with Gasteiger partial charge >= 0.3 is 11.6 Å². The molecule has 0 radical (unpaired) electrons. The second-order valence-electron chi connectivity index (χ2n) is 4.67. The van der Waals surface area contributed by atoms with Gasteiger partial charge in [-0.2, -0.15) is 4.98 Å². The lowest BCUT2D eigenvalue weighted by Crippen LogP contribution is -2.15. The van der Waals surface area contributed by atoms with Crippen molar-refractivity contribution in [3.05, 3.63) is 28.6 Å². The fourth-order valence-corrected chi connectivity index (χ4v) is 2.03. The van der Waals surface area contributed by atoms with Crippen LogP contribution in [-0.4, -0.2) is 18.0 Å². The minimum atomic E-state index is -0.582. The van der Waals surface area contributed by atoms with Crippen LogP contribution in [-0.2, 0) is 4.79 Å². The number of nitrogens with zero attached hydrogens (tertiary/aromatic N) is 1. The van der Waals surface area contributed by atoms with Gasteiger partial charge in [0.15, 0.2) is 0 Å². The molecule has 0 aliphatic carbocycles. The zero-order valence-corrected chi connectivity index (χ0v) is 12.1. The maximum Gasteiger partial charge on any atom is 0.351 e. The van der Waals surface area contributed by atoms with Crippen molar-refractivity contribution in [2.45, 2.75) is 32.6 Å². The lowest BCUT2D eigenvalue weighted by atomic mass is 10.2. The molecule has 0 atom stereocenters. The lowest BCUT2D eigenvalue weighted by molar-refractivity contribution is -0.116. The van der Waals surface area contributed by atoms with E-state index in [2.05, 4.69) is 17.2 Å². The van der Waals surface area contributed by atoms with Crippen LogP contribution in [0.15, 0.2) is 27.4 Å². The molecule has 1 heterocycles. The highest BCUT2D eigenvalue weighted by molar-refractivity contribution is 5.90. The predicted molar refractivity (Wildman–Crippen MR) is 79.6 cm³/mol. The molecule has 6 nitrogen and oxygen atoms in total. The minimum absolute atomic E-state index is 0.0812. The fraction of sp³-hybridized carbons (Fsp3) is 0.400. The fourth-order valence-electron chi connectivity index (χ4n) is 2.03. The van der Waals surface area contributed by atoms with Crippen LogP contribution in [0, 0.1) is 0 Å². The Kier molecular flexibility index (Phi) is 4.92. The minimum Gasteiger partial charge on any atom is -0.496 e. The van der Waals surface area contributed by atoms with Gasteiger partial charge < -0.3 is 9.15 Å². The Labute approximate surface area is 122 Å². The van der Waals surface area contributed by atoms with Crippen LogP contribution in [0.25, 0.3) is 10.9 Å². The number of nitrogens with one attached hydrogen (secondary N) is 1. The number of ether oxygens (including phenoxy) is 1. The second-order valence-corrected chi connectivity index (χ2v) is 4.67. The van der Waals surface area contributed by atoms with Crippen LogP contribution in [0.2, 0.25) is 0 Å². The number of aromatic nitrogens is 1. The number of hydrogen-bond donors (Lipinski definition) is 1. The van der Waals surface area contributed by atoms with Crippen LogP contribution in [0.5, 0.6) is 5.75 Å². The van der Waals surface area contributed by atoms with Gasteiger partial charge in [0, 0.05) is 6.42 Å². The van der Waals surface area contributed by atoms with Crippen molar-refractivity contribution in [2.75, 3.05) is 12.4 Å². The summed E-state index contributed by atoms with van der Waals surface area (Å²) in [6.07, 6.45) is 3.21. The first kappa shape index (κ1) is 15.0. The molecule has 0 spiro atoms. The molecule has 0 saturated heterocycles. The third-order valence-corrected chi connectivity index (χ3v) is 3.09. The number of carbonyl (C=O) groups excluding carboxylic acids is 1. The van der Waals surface area contributed by atoms with Gasteiger partial charge in [-0.25, -0.2) is 4.79 Å². The Balaban J connectivity index is 2.23. The van der Waals surface area contributed by atoms with Gasteiger partial charge in [0.1, 0.15) is 11.1 Å². The molecule has 0 bridgehead atoms. The van der Waals surface area contributed by atoms with Gasteiger partial charge in [0.25, 0.3) is 0 Å². The van der Waals surface area contributed by atoms with Crippen molar-refractivity contribution in [2.24, 2.45) is 0 Å². The monoisotopic (exact) mass is 290 g/mol. The first-order valence-electron chi connectivity index (χ1n) is 6.93. The van der Waals surface area contributed by atoms with Crippen LogP contribution < -0.4 is 15.7 Å². The maximum atomic E-state index is 12.0. The van der Waals surface area contributed by atoms with Crippen LogP contribution in [0.4, 0.5) is 6.01 Å². The van der Waals surface area contributed by atoms with Gasteiger partial charge in [-0.3, -0.25) is 10.1 Å². The van der Waals surface area contributed by atoms with E-state index in [1.165, 1.54) is 7.11 Å². The predicted octanol–water partition coefficient (Wildman–Crippen LogP) is 2.72. The summed E-state index contributed by atoms with van der Waals surface area (Å²) in [6, 6.07) is 4.97. The summed E-state index contributed by atoms with van der Waals surface area (Å²) in [5.74, 6) is 0.191. The number of benzene rings is 1. The summed E-state index contributed by atoms with van der Waals surface area (Å²) < 4.78 is 10.1. The Bertz CT molecular complexity index is 694. The highest BCUT2D eigenvalue weighted by atomic mass is 16.5. The molecule has 0 aliphatic heterocycles. The molecule has 2 rings (SSSR count). The molecule has 0 fully saturated rings. The average Bonchev–Trinajstić information content (AvgIpc) is 2.46. The van der Waals surface area contributed by atoms with E-state index < -0.39 is 5.63 Å². The normalized spacial score (nSPS) is 10.6. The van der Waals surface area contributed by atoms with Crippen LogP contribution >= 0.6 is 0 Å². The number of rotatable bonds is 6. The molecule has 21 heavy (non-hydrogen) atoms. The van der Waals surface area contributed by atoms with Gasteiger partial charge in [0.05, 0.1) is 12.6 Å². The van der Waals surface area contributed by atoms with Gasteiger partial charge in [-0.1, -0.05) is 25.8 Å². The molecular formula is C15H18N2O4. The quantitative estimate of drug-likeness (QED) is 0.827. The molecule has 112 valence electrons. The number of hydrogen-bond acceptors (Lipinski definition) is 5. The van der Waals surface area contributed by atoms with Crippen molar-refractivity contribution in [1.82, 2.24) is 4.98 Å². The number of methoxy groups -OCH3 is 1. The maximum absolute atomic E-state index is 12.0. The number of anilines is 1. The summed E-state index contributed by atoms with van der Waals surface area (Å²) in [4.78, 5) is 27.8. The van der Waals surface area contributed by atoms with E-state index in [1.54, 1.807) is 18.2 Å². The molecule has 0 unspecified atom stereocenters. The third-order valence-electron chi connectivity index (χ3n) is 3.09. The number of carbonyl (C=O) groups is 1. The average molecular weight is 290 g/mol. The molecule has 0 aliphatic rings. The molecule has 1 N–H and O–H groups in total. The molecule has 1 amide bonds. The van der Waals surface area contributed by atoms with Crippen molar-refractivity contribution in [3.63, 3.8) is 0 Å². The van der Waals surface area contributed by atoms with Gasteiger partial charge in [-0.05, 0) is 18.6 Å². The number of fused-ring (bicyclic) bond motifs is 1. The van der Waals surface area contributed by atoms with Crippen molar-refractivity contribution >= 4 is 22.8 Å². The Hall–Kier alpha value is -2.37. The summed E-state index contributed by atoms with van der Waals surface area (Å²) in [6.45, 7) is 2.06. The molecule has 6 heteroatoms. The molecule has 1 aromatic carbocycles. The van der Waals surface area contributed by atoms with E-state index in [9.17, 15) is 9.59 Å².